The van der Waals surface area contributed by atoms with Gasteiger partial charge in [-0.1, -0.05) is 12.1 Å². The van der Waals surface area contributed by atoms with Gasteiger partial charge in [0.2, 0.25) is 5.91 Å². The lowest BCUT2D eigenvalue weighted by Gasteiger charge is -2.35. The predicted molar refractivity (Wildman–Crippen MR) is 116 cm³/mol. The average Bonchev–Trinajstić information content (AvgIpc) is 3.08. The smallest absolute Gasteiger partial charge is 0.252 e. The summed E-state index contributed by atoms with van der Waals surface area (Å²) in [5, 5.41) is 4.10. The Morgan fingerprint density at radius 3 is 2.80 bits per heavy atom. The molecule has 0 aliphatic carbocycles. The first-order chi connectivity index (χ1) is 14.3. The topological polar surface area (TPSA) is 74.8 Å². The van der Waals surface area contributed by atoms with Gasteiger partial charge in [0.1, 0.15) is 0 Å². The minimum Gasteiger partial charge on any atom is -0.375 e. The molecule has 1 aromatic carbocycles. The first kappa shape index (κ1) is 20.8. The lowest BCUT2D eigenvalue weighted by molar-refractivity contribution is -0.134. The standard InChI is InChI=1S/C23H30N4O3/c1-14-5-6-19-20(8-15(2)24-21(19)7-14)23(29)25-16-9-17-13-30-18(12-27(17)11-16)10-22(28)26(3)4/h5-8,16-18H,9-13H2,1-4H3,(H,25,29)/t16-,17-,18-/m0/s1. The van der Waals surface area contributed by atoms with E-state index >= 15 is 0 Å². The van der Waals surface area contributed by atoms with Crippen LogP contribution in [0.1, 0.15) is 34.5 Å². The number of amides is 2. The second kappa shape index (κ2) is 8.32. The van der Waals surface area contributed by atoms with Crippen molar-refractivity contribution in [3.63, 3.8) is 0 Å². The summed E-state index contributed by atoms with van der Waals surface area (Å²) in [7, 11) is 3.53. The number of rotatable bonds is 4. The first-order valence-electron chi connectivity index (χ1n) is 10.5. The second-order valence-electron chi connectivity index (χ2n) is 8.79. The fourth-order valence-electron chi connectivity index (χ4n) is 4.47. The van der Waals surface area contributed by atoms with E-state index in [2.05, 4.69) is 15.2 Å². The van der Waals surface area contributed by atoms with Crippen molar-refractivity contribution in [2.24, 2.45) is 0 Å². The highest BCUT2D eigenvalue weighted by molar-refractivity contribution is 6.06. The first-order valence-corrected chi connectivity index (χ1v) is 10.5. The summed E-state index contributed by atoms with van der Waals surface area (Å²) in [5.41, 5.74) is 3.49. The molecule has 7 nitrogen and oxygen atoms in total. The molecule has 0 saturated carbocycles. The maximum Gasteiger partial charge on any atom is 0.252 e. The van der Waals surface area contributed by atoms with Crippen LogP contribution in [0.15, 0.2) is 24.3 Å². The molecular formula is C23H30N4O3. The molecule has 160 valence electrons. The second-order valence-corrected chi connectivity index (χ2v) is 8.79. The van der Waals surface area contributed by atoms with Crippen molar-refractivity contribution in [2.45, 2.75) is 44.9 Å². The lowest BCUT2D eigenvalue weighted by atomic mass is 10.0. The Kier molecular flexibility index (Phi) is 5.75. The van der Waals surface area contributed by atoms with Gasteiger partial charge in [0.05, 0.1) is 30.2 Å². The molecule has 2 amide bonds. The van der Waals surface area contributed by atoms with Crippen molar-refractivity contribution in [1.29, 1.82) is 0 Å². The van der Waals surface area contributed by atoms with Crippen LogP contribution in [0, 0.1) is 13.8 Å². The number of nitrogens with zero attached hydrogens (tertiary/aromatic N) is 3. The van der Waals surface area contributed by atoms with Gasteiger partial charge in [-0.3, -0.25) is 19.5 Å². The highest BCUT2D eigenvalue weighted by atomic mass is 16.5. The number of fused-ring (bicyclic) bond motifs is 2. The zero-order valence-electron chi connectivity index (χ0n) is 18.1. The molecule has 0 radical (unpaired) electrons. The minimum atomic E-state index is -0.0827. The molecule has 30 heavy (non-hydrogen) atoms. The molecule has 2 aliphatic rings. The predicted octanol–water partition coefficient (Wildman–Crippen LogP) is 1.90. The Hall–Kier alpha value is -2.51. The van der Waals surface area contributed by atoms with Gasteiger partial charge >= 0.3 is 0 Å². The van der Waals surface area contributed by atoms with Gasteiger partial charge in [-0.2, -0.15) is 0 Å². The quantitative estimate of drug-likeness (QED) is 0.833. The van der Waals surface area contributed by atoms with Crippen LogP contribution < -0.4 is 5.32 Å². The largest absolute Gasteiger partial charge is 0.375 e. The molecule has 0 spiro atoms. The number of aryl methyl sites for hydroxylation is 2. The van der Waals surface area contributed by atoms with Crippen molar-refractivity contribution in [3.05, 3.63) is 41.1 Å². The summed E-state index contributed by atoms with van der Waals surface area (Å²) in [6.45, 7) is 6.06. The minimum absolute atomic E-state index is 0.0561. The Morgan fingerprint density at radius 2 is 2.03 bits per heavy atom. The highest BCUT2D eigenvalue weighted by Crippen LogP contribution is 2.26. The molecule has 1 aromatic heterocycles. The van der Waals surface area contributed by atoms with E-state index < -0.39 is 0 Å². The van der Waals surface area contributed by atoms with Crippen LogP contribution in [0.2, 0.25) is 0 Å². The molecule has 0 bridgehead atoms. The Balaban J connectivity index is 1.42. The van der Waals surface area contributed by atoms with Gasteiger partial charge in [0, 0.05) is 50.3 Å². The molecule has 2 aromatic rings. The molecule has 2 fully saturated rings. The number of benzene rings is 1. The average molecular weight is 411 g/mol. The summed E-state index contributed by atoms with van der Waals surface area (Å²) in [6.07, 6.45) is 1.18. The van der Waals surface area contributed by atoms with E-state index in [1.165, 1.54) is 0 Å². The van der Waals surface area contributed by atoms with Gasteiger partial charge in [-0.25, -0.2) is 0 Å². The summed E-state index contributed by atoms with van der Waals surface area (Å²) in [4.78, 5) is 33.6. The number of carbonyl (C=O) groups excluding carboxylic acids is 2. The molecule has 2 saturated heterocycles. The number of carbonyl (C=O) groups is 2. The van der Waals surface area contributed by atoms with Crippen LogP contribution in [0.4, 0.5) is 0 Å². The van der Waals surface area contributed by atoms with Crippen LogP contribution in [0.25, 0.3) is 10.9 Å². The summed E-state index contributed by atoms with van der Waals surface area (Å²) in [6, 6.07) is 8.23. The molecule has 7 heteroatoms. The van der Waals surface area contributed by atoms with E-state index in [-0.39, 0.29) is 24.0 Å². The molecule has 2 aliphatic heterocycles. The summed E-state index contributed by atoms with van der Waals surface area (Å²) >= 11 is 0. The van der Waals surface area contributed by atoms with Crippen LogP contribution in [0.5, 0.6) is 0 Å². The number of nitrogens with one attached hydrogen (secondary N) is 1. The number of hydrogen-bond acceptors (Lipinski definition) is 5. The third kappa shape index (κ3) is 4.32. The van der Waals surface area contributed by atoms with E-state index in [1.807, 2.05) is 38.1 Å². The maximum absolute atomic E-state index is 13.1. The fraction of sp³-hybridized carbons (Fsp3) is 0.522. The normalized spacial score (nSPS) is 23.9. The maximum atomic E-state index is 13.1. The SMILES string of the molecule is Cc1ccc2c(C(=O)N[C@H]3C[C@H]4CO[C@@H](CC(=O)N(C)C)CN4C3)cc(C)nc2c1. The molecule has 3 heterocycles. The van der Waals surface area contributed by atoms with Crippen molar-refractivity contribution in [2.75, 3.05) is 33.8 Å². The van der Waals surface area contributed by atoms with Crippen LogP contribution in [-0.2, 0) is 9.53 Å². The fourth-order valence-corrected chi connectivity index (χ4v) is 4.47. The van der Waals surface area contributed by atoms with Crippen molar-refractivity contribution >= 4 is 22.7 Å². The van der Waals surface area contributed by atoms with E-state index in [0.29, 0.717) is 24.6 Å². The Bertz CT molecular complexity index is 969. The van der Waals surface area contributed by atoms with Crippen LogP contribution >= 0.6 is 0 Å². The van der Waals surface area contributed by atoms with Crippen LogP contribution in [-0.4, -0.2) is 78.6 Å². The Labute approximate surface area is 177 Å². The summed E-state index contributed by atoms with van der Waals surface area (Å²) in [5.74, 6) is 0.0251. The highest BCUT2D eigenvalue weighted by Gasteiger charge is 2.38. The molecule has 0 unspecified atom stereocenters. The van der Waals surface area contributed by atoms with Gasteiger partial charge < -0.3 is 15.0 Å². The third-order valence-electron chi connectivity index (χ3n) is 6.06. The van der Waals surface area contributed by atoms with Crippen molar-refractivity contribution in [1.82, 2.24) is 20.1 Å². The van der Waals surface area contributed by atoms with Crippen molar-refractivity contribution < 1.29 is 14.3 Å². The van der Waals surface area contributed by atoms with Crippen molar-refractivity contribution in [3.8, 4) is 0 Å². The number of aromatic nitrogens is 1. The van der Waals surface area contributed by atoms with Gasteiger partial charge in [0.15, 0.2) is 0 Å². The van der Waals surface area contributed by atoms with Crippen LogP contribution in [0.3, 0.4) is 0 Å². The third-order valence-corrected chi connectivity index (χ3v) is 6.06. The van der Waals surface area contributed by atoms with Gasteiger partial charge in [0.25, 0.3) is 5.91 Å². The van der Waals surface area contributed by atoms with Gasteiger partial charge in [-0.05, 0) is 38.0 Å². The molecule has 1 N–H and O–H groups in total. The number of pyridine rings is 1. The van der Waals surface area contributed by atoms with E-state index in [9.17, 15) is 9.59 Å². The van der Waals surface area contributed by atoms with E-state index in [4.69, 9.17) is 4.74 Å². The monoisotopic (exact) mass is 410 g/mol. The zero-order chi connectivity index (χ0) is 21.4. The number of hydrogen-bond donors (Lipinski definition) is 1. The van der Waals surface area contributed by atoms with E-state index in [1.54, 1.807) is 19.0 Å². The van der Waals surface area contributed by atoms with E-state index in [0.717, 1.165) is 41.7 Å². The molecular weight excluding hydrogens is 380 g/mol. The number of morpholine rings is 1. The lowest BCUT2D eigenvalue weighted by Crippen LogP contribution is -2.47. The number of ether oxygens (including phenoxy) is 1. The zero-order valence-corrected chi connectivity index (χ0v) is 18.1. The van der Waals surface area contributed by atoms with Gasteiger partial charge in [-0.15, -0.1) is 0 Å². The molecule has 3 atom stereocenters. The molecule has 4 rings (SSSR count). The summed E-state index contributed by atoms with van der Waals surface area (Å²) < 4.78 is 5.93. The Morgan fingerprint density at radius 1 is 1.23 bits per heavy atom.